The number of benzene rings is 1. The van der Waals surface area contributed by atoms with E-state index >= 15 is 0 Å². The Morgan fingerprint density at radius 2 is 2.16 bits per heavy atom. The minimum Gasteiger partial charge on any atom is -0.315 e. The topological polar surface area (TPSA) is 49.4 Å². The molecule has 1 aromatic carbocycles. The smallest absolute Gasteiger partial charge is 0.244 e. The van der Waals surface area contributed by atoms with E-state index in [1.165, 1.54) is 10.4 Å². The first-order valence-electron chi connectivity index (χ1n) is 6.15. The van der Waals surface area contributed by atoms with Crippen LogP contribution in [0.2, 0.25) is 10.0 Å². The summed E-state index contributed by atoms with van der Waals surface area (Å²) in [6.07, 6.45) is 0.811. The van der Waals surface area contributed by atoms with E-state index in [0.29, 0.717) is 13.1 Å². The van der Waals surface area contributed by atoms with Crippen molar-refractivity contribution in [1.29, 1.82) is 0 Å². The summed E-state index contributed by atoms with van der Waals surface area (Å²) >= 11 is 11.9. The van der Waals surface area contributed by atoms with Crippen molar-refractivity contribution in [2.75, 3.05) is 19.6 Å². The van der Waals surface area contributed by atoms with Crippen LogP contribution in [-0.2, 0) is 10.0 Å². The van der Waals surface area contributed by atoms with Gasteiger partial charge in [-0.2, -0.15) is 4.31 Å². The lowest BCUT2D eigenvalue weighted by molar-refractivity contribution is 0.349. The molecule has 0 amide bonds. The molecule has 4 nitrogen and oxygen atoms in total. The fourth-order valence-corrected chi connectivity index (χ4v) is 4.72. The molecular formula is C12H16Cl2N2O2S. The number of nitrogens with zero attached hydrogens (tertiary/aromatic N) is 1. The predicted octanol–water partition coefficient (Wildman–Crippen LogP) is 2.37. The Hall–Kier alpha value is -0.330. The van der Waals surface area contributed by atoms with Crippen molar-refractivity contribution in [2.45, 2.75) is 24.3 Å². The minimum absolute atomic E-state index is 0.0231. The van der Waals surface area contributed by atoms with Gasteiger partial charge in [-0.1, -0.05) is 36.2 Å². The molecule has 1 aromatic rings. The van der Waals surface area contributed by atoms with Crippen LogP contribution in [0.3, 0.4) is 0 Å². The van der Waals surface area contributed by atoms with Gasteiger partial charge >= 0.3 is 0 Å². The Kier molecular flexibility index (Phi) is 4.74. The molecular weight excluding hydrogens is 307 g/mol. The summed E-state index contributed by atoms with van der Waals surface area (Å²) in [6.45, 7) is 3.75. The molecule has 1 heterocycles. The van der Waals surface area contributed by atoms with Crippen LogP contribution in [0.5, 0.6) is 0 Å². The summed E-state index contributed by atoms with van der Waals surface area (Å²) in [5.41, 5.74) is 0. The Balaban J connectivity index is 2.42. The molecule has 1 aliphatic heterocycles. The van der Waals surface area contributed by atoms with E-state index < -0.39 is 10.0 Å². The number of hydrogen-bond acceptors (Lipinski definition) is 3. The molecule has 0 radical (unpaired) electrons. The van der Waals surface area contributed by atoms with Crippen molar-refractivity contribution in [3.63, 3.8) is 0 Å². The molecule has 0 aliphatic carbocycles. The first kappa shape index (κ1) is 15.1. The quantitative estimate of drug-likeness (QED) is 0.925. The lowest BCUT2D eigenvalue weighted by atomic mass is 10.3. The average Bonchev–Trinajstić information content (AvgIpc) is 2.86. The highest BCUT2D eigenvalue weighted by atomic mass is 35.5. The van der Waals surface area contributed by atoms with Crippen LogP contribution in [0, 0.1) is 0 Å². The van der Waals surface area contributed by atoms with E-state index in [1.54, 1.807) is 12.1 Å². The fraction of sp³-hybridized carbons (Fsp3) is 0.500. The van der Waals surface area contributed by atoms with Gasteiger partial charge in [0.25, 0.3) is 0 Å². The first-order valence-corrected chi connectivity index (χ1v) is 8.34. The summed E-state index contributed by atoms with van der Waals surface area (Å²) in [6, 6.07) is 4.65. The Labute approximate surface area is 123 Å². The van der Waals surface area contributed by atoms with Crippen LogP contribution in [0.1, 0.15) is 13.3 Å². The molecule has 2 rings (SSSR count). The van der Waals surface area contributed by atoms with Crippen LogP contribution in [0.25, 0.3) is 0 Å². The van der Waals surface area contributed by atoms with Crippen molar-refractivity contribution in [3.05, 3.63) is 28.2 Å². The molecule has 0 spiro atoms. The molecule has 7 heteroatoms. The van der Waals surface area contributed by atoms with Crippen LogP contribution >= 0.6 is 23.2 Å². The summed E-state index contributed by atoms with van der Waals surface area (Å²) in [4.78, 5) is 0.0791. The standard InChI is InChI=1S/C12H16Cl2N2O2S/c1-2-16(9-6-7-15-8-9)19(17,18)11-5-3-4-10(13)12(11)14/h3-5,9,15H,2,6-8H2,1H3. The van der Waals surface area contributed by atoms with Crippen LogP contribution in [-0.4, -0.2) is 38.4 Å². The minimum atomic E-state index is -3.61. The van der Waals surface area contributed by atoms with Crippen molar-refractivity contribution < 1.29 is 8.42 Å². The van der Waals surface area contributed by atoms with Crippen LogP contribution in [0.15, 0.2) is 23.1 Å². The Bertz CT molecular complexity index is 557. The third kappa shape index (κ3) is 2.90. The lowest BCUT2D eigenvalue weighted by Crippen LogP contribution is -2.41. The highest BCUT2D eigenvalue weighted by Gasteiger charge is 2.33. The van der Waals surface area contributed by atoms with Crippen molar-refractivity contribution in [2.24, 2.45) is 0 Å². The monoisotopic (exact) mass is 322 g/mol. The zero-order chi connectivity index (χ0) is 14.0. The Morgan fingerprint density at radius 1 is 1.42 bits per heavy atom. The van der Waals surface area contributed by atoms with E-state index in [2.05, 4.69) is 5.32 Å². The second-order valence-corrected chi connectivity index (χ2v) is 7.05. The molecule has 1 atom stereocenters. The van der Waals surface area contributed by atoms with Gasteiger partial charge in [0.1, 0.15) is 4.90 Å². The molecule has 1 fully saturated rings. The second-order valence-electron chi connectivity index (χ2n) is 4.41. The number of halogens is 2. The van der Waals surface area contributed by atoms with Gasteiger partial charge in [-0.15, -0.1) is 0 Å². The van der Waals surface area contributed by atoms with Gasteiger partial charge in [0.2, 0.25) is 10.0 Å². The summed E-state index contributed by atoms with van der Waals surface area (Å²) in [5.74, 6) is 0. The zero-order valence-electron chi connectivity index (χ0n) is 10.6. The number of likely N-dealkylation sites (N-methyl/N-ethyl adjacent to an activating group) is 1. The van der Waals surface area contributed by atoms with E-state index in [1.807, 2.05) is 6.92 Å². The largest absolute Gasteiger partial charge is 0.315 e. The molecule has 1 N–H and O–H groups in total. The maximum absolute atomic E-state index is 12.7. The second kappa shape index (κ2) is 5.97. The molecule has 1 aliphatic rings. The van der Waals surface area contributed by atoms with Gasteiger partial charge in [0.05, 0.1) is 10.0 Å². The maximum atomic E-state index is 12.7. The highest BCUT2D eigenvalue weighted by molar-refractivity contribution is 7.89. The van der Waals surface area contributed by atoms with Gasteiger partial charge in [0.15, 0.2) is 0 Å². The predicted molar refractivity (Wildman–Crippen MR) is 77.3 cm³/mol. The highest BCUT2D eigenvalue weighted by Crippen LogP contribution is 2.32. The lowest BCUT2D eigenvalue weighted by Gasteiger charge is -2.26. The number of nitrogens with one attached hydrogen (secondary N) is 1. The molecule has 106 valence electrons. The Morgan fingerprint density at radius 3 is 2.74 bits per heavy atom. The number of rotatable bonds is 4. The van der Waals surface area contributed by atoms with Gasteiger partial charge in [-0.25, -0.2) is 8.42 Å². The van der Waals surface area contributed by atoms with Gasteiger partial charge in [-0.3, -0.25) is 0 Å². The van der Waals surface area contributed by atoms with Crippen LogP contribution in [0.4, 0.5) is 0 Å². The van der Waals surface area contributed by atoms with Crippen molar-refractivity contribution >= 4 is 33.2 Å². The maximum Gasteiger partial charge on any atom is 0.244 e. The van der Waals surface area contributed by atoms with E-state index in [4.69, 9.17) is 23.2 Å². The first-order chi connectivity index (χ1) is 8.98. The summed E-state index contributed by atoms with van der Waals surface area (Å²) in [5, 5.41) is 3.52. The van der Waals surface area contributed by atoms with E-state index in [9.17, 15) is 8.42 Å². The molecule has 0 aromatic heterocycles. The third-order valence-corrected chi connectivity index (χ3v) is 6.26. The summed E-state index contributed by atoms with van der Waals surface area (Å²) in [7, 11) is -3.61. The zero-order valence-corrected chi connectivity index (χ0v) is 12.9. The number of sulfonamides is 1. The van der Waals surface area contributed by atoms with Crippen LogP contribution < -0.4 is 5.32 Å². The number of hydrogen-bond donors (Lipinski definition) is 1. The van der Waals surface area contributed by atoms with E-state index in [0.717, 1.165) is 13.0 Å². The molecule has 0 saturated carbocycles. The molecule has 1 saturated heterocycles. The fourth-order valence-electron chi connectivity index (χ4n) is 2.32. The SMILES string of the molecule is CCN(C1CCNC1)S(=O)(=O)c1cccc(Cl)c1Cl. The molecule has 19 heavy (non-hydrogen) atoms. The average molecular weight is 323 g/mol. The van der Waals surface area contributed by atoms with Gasteiger partial charge < -0.3 is 5.32 Å². The van der Waals surface area contributed by atoms with Crippen molar-refractivity contribution in [1.82, 2.24) is 9.62 Å². The molecule has 0 bridgehead atoms. The van der Waals surface area contributed by atoms with Gasteiger partial charge in [0, 0.05) is 19.1 Å². The summed E-state index contributed by atoms with van der Waals surface area (Å²) < 4.78 is 26.8. The van der Waals surface area contributed by atoms with Gasteiger partial charge in [-0.05, 0) is 25.1 Å². The molecule has 1 unspecified atom stereocenters. The van der Waals surface area contributed by atoms with E-state index in [-0.39, 0.29) is 21.0 Å². The third-order valence-electron chi connectivity index (χ3n) is 3.26. The normalized spacial score (nSPS) is 20.1. The van der Waals surface area contributed by atoms with Crippen molar-refractivity contribution in [3.8, 4) is 0 Å².